The number of aryl methyl sites for hydroxylation is 1. The number of carbonyl (C=O) groups excluding carboxylic acids is 1. The van der Waals surface area contributed by atoms with Crippen molar-refractivity contribution in [1.29, 1.82) is 0 Å². The van der Waals surface area contributed by atoms with Crippen molar-refractivity contribution < 1.29 is 13.2 Å². The molecule has 4 rings (SSSR count). The molecule has 0 atom stereocenters. The number of hydrogen-bond acceptors (Lipinski definition) is 5. The quantitative estimate of drug-likeness (QED) is 0.569. The molecule has 0 spiro atoms. The lowest BCUT2D eigenvalue weighted by atomic mass is 10.2. The maximum Gasteiger partial charge on any atom is 0.259 e. The Kier molecular flexibility index (Phi) is 5.17. The Bertz CT molecular complexity index is 1100. The molecule has 1 fully saturated rings. The standard InChI is InChI=1S/C17H18BrN5O3S2/c1-20-16(21-6-2-3-7-21)13(12-19-20)17(24)22-8-10-23(11-9-22)28(25,26)15-5-4-14(18)27-15/h2-7,12H,8-11H2,1H3. The maximum absolute atomic E-state index is 13.0. The summed E-state index contributed by atoms with van der Waals surface area (Å²) < 4.78 is 31.5. The van der Waals surface area contributed by atoms with E-state index in [0.717, 1.165) is 3.79 Å². The summed E-state index contributed by atoms with van der Waals surface area (Å²) >= 11 is 4.49. The Balaban J connectivity index is 1.50. The van der Waals surface area contributed by atoms with E-state index in [2.05, 4.69) is 21.0 Å². The molecular weight excluding hydrogens is 466 g/mol. The van der Waals surface area contributed by atoms with Gasteiger partial charge in [0.05, 0.1) is 9.98 Å². The second-order valence-electron chi connectivity index (χ2n) is 6.35. The van der Waals surface area contributed by atoms with Crippen LogP contribution in [0.3, 0.4) is 0 Å². The van der Waals surface area contributed by atoms with E-state index in [4.69, 9.17) is 0 Å². The average Bonchev–Trinajstić information content (AvgIpc) is 3.42. The molecule has 1 aliphatic rings. The van der Waals surface area contributed by atoms with Crippen LogP contribution in [0.4, 0.5) is 0 Å². The summed E-state index contributed by atoms with van der Waals surface area (Å²) in [5.74, 6) is 0.543. The first-order valence-corrected chi connectivity index (χ1v) is 11.6. The fourth-order valence-electron chi connectivity index (χ4n) is 3.23. The Morgan fingerprint density at radius 2 is 1.82 bits per heavy atom. The number of amides is 1. The topological polar surface area (TPSA) is 80.4 Å². The van der Waals surface area contributed by atoms with Crippen molar-refractivity contribution in [1.82, 2.24) is 23.6 Å². The third kappa shape index (κ3) is 3.43. The molecular formula is C17H18BrN5O3S2. The largest absolute Gasteiger partial charge is 0.336 e. The van der Waals surface area contributed by atoms with Crippen LogP contribution in [0.25, 0.3) is 5.82 Å². The third-order valence-corrected chi connectivity index (χ3v) is 8.65. The van der Waals surface area contributed by atoms with E-state index in [-0.39, 0.29) is 19.0 Å². The first kappa shape index (κ1) is 19.4. The third-order valence-electron chi connectivity index (χ3n) is 4.66. The predicted octanol–water partition coefficient (Wildman–Crippen LogP) is 2.18. The zero-order valence-corrected chi connectivity index (χ0v) is 18.2. The van der Waals surface area contributed by atoms with Gasteiger partial charge in [0.25, 0.3) is 15.9 Å². The van der Waals surface area contributed by atoms with Crippen LogP contribution in [0.1, 0.15) is 10.4 Å². The molecule has 1 saturated heterocycles. The summed E-state index contributed by atoms with van der Waals surface area (Å²) in [6.45, 7) is 1.21. The number of hydrogen-bond donors (Lipinski definition) is 0. The van der Waals surface area contributed by atoms with E-state index < -0.39 is 10.0 Å². The fourth-order valence-corrected chi connectivity index (χ4v) is 6.82. The van der Waals surface area contributed by atoms with E-state index in [9.17, 15) is 13.2 Å². The molecule has 11 heteroatoms. The molecule has 0 radical (unpaired) electrons. The Hall–Kier alpha value is -1.95. The zero-order chi connectivity index (χ0) is 19.9. The van der Waals surface area contributed by atoms with Crippen LogP contribution in [0.15, 0.2) is 50.9 Å². The monoisotopic (exact) mass is 483 g/mol. The van der Waals surface area contributed by atoms with Gasteiger partial charge in [-0.1, -0.05) is 0 Å². The summed E-state index contributed by atoms with van der Waals surface area (Å²) in [5.41, 5.74) is 0.497. The van der Waals surface area contributed by atoms with Crippen LogP contribution < -0.4 is 0 Å². The zero-order valence-electron chi connectivity index (χ0n) is 15.0. The van der Waals surface area contributed by atoms with E-state index in [1.807, 2.05) is 29.1 Å². The number of aromatic nitrogens is 3. The molecule has 0 aromatic carbocycles. The highest BCUT2D eigenvalue weighted by Crippen LogP contribution is 2.29. The van der Waals surface area contributed by atoms with Gasteiger partial charge in [-0.25, -0.2) is 8.42 Å². The van der Waals surface area contributed by atoms with Crippen molar-refractivity contribution in [3.63, 3.8) is 0 Å². The number of sulfonamides is 1. The molecule has 1 amide bonds. The molecule has 3 aromatic rings. The Labute approximate surface area is 175 Å². The van der Waals surface area contributed by atoms with Crippen LogP contribution in [0.2, 0.25) is 0 Å². The Morgan fingerprint density at radius 3 is 2.43 bits per heavy atom. The van der Waals surface area contributed by atoms with Crippen molar-refractivity contribution in [3.8, 4) is 5.82 Å². The molecule has 28 heavy (non-hydrogen) atoms. The predicted molar refractivity (Wildman–Crippen MR) is 109 cm³/mol. The Morgan fingerprint density at radius 1 is 1.14 bits per heavy atom. The van der Waals surface area contributed by atoms with Gasteiger partial charge in [-0.2, -0.15) is 9.40 Å². The van der Waals surface area contributed by atoms with Gasteiger partial charge in [0.2, 0.25) is 0 Å². The first-order chi connectivity index (χ1) is 13.4. The van der Waals surface area contributed by atoms with Gasteiger partial charge in [0, 0.05) is 45.6 Å². The lowest BCUT2D eigenvalue weighted by Gasteiger charge is -2.33. The number of piperazine rings is 1. The van der Waals surface area contributed by atoms with Gasteiger partial charge >= 0.3 is 0 Å². The highest BCUT2D eigenvalue weighted by molar-refractivity contribution is 9.11. The van der Waals surface area contributed by atoms with Gasteiger partial charge in [-0.05, 0) is 40.2 Å². The average molecular weight is 484 g/mol. The van der Waals surface area contributed by atoms with Crippen molar-refractivity contribution in [2.24, 2.45) is 7.05 Å². The summed E-state index contributed by atoms with van der Waals surface area (Å²) in [6, 6.07) is 7.09. The van der Waals surface area contributed by atoms with Crippen molar-refractivity contribution in [2.45, 2.75) is 4.21 Å². The summed E-state index contributed by atoms with van der Waals surface area (Å²) in [5, 5.41) is 4.22. The van der Waals surface area contributed by atoms with E-state index in [1.165, 1.54) is 15.6 Å². The van der Waals surface area contributed by atoms with Crippen LogP contribution in [-0.2, 0) is 17.1 Å². The molecule has 0 saturated carbocycles. The maximum atomic E-state index is 13.0. The molecule has 1 aliphatic heterocycles. The van der Waals surface area contributed by atoms with Crippen molar-refractivity contribution in [3.05, 3.63) is 52.2 Å². The fraction of sp³-hybridized carbons (Fsp3) is 0.294. The lowest BCUT2D eigenvalue weighted by molar-refractivity contribution is 0.0698. The van der Waals surface area contributed by atoms with Crippen molar-refractivity contribution in [2.75, 3.05) is 26.2 Å². The molecule has 3 aromatic heterocycles. The van der Waals surface area contributed by atoms with E-state index in [1.54, 1.807) is 35.0 Å². The van der Waals surface area contributed by atoms with Crippen molar-refractivity contribution >= 4 is 43.2 Å². The molecule has 0 bridgehead atoms. The molecule has 4 heterocycles. The molecule has 0 unspecified atom stereocenters. The molecule has 0 N–H and O–H groups in total. The lowest BCUT2D eigenvalue weighted by Crippen LogP contribution is -2.50. The molecule has 148 valence electrons. The van der Waals surface area contributed by atoms with E-state index >= 15 is 0 Å². The number of rotatable bonds is 4. The number of thiophene rings is 1. The number of halogens is 1. The summed E-state index contributed by atoms with van der Waals surface area (Å²) in [6.07, 6.45) is 5.28. The van der Waals surface area contributed by atoms with E-state index in [0.29, 0.717) is 28.7 Å². The van der Waals surface area contributed by atoms with Gasteiger partial charge in [-0.15, -0.1) is 11.3 Å². The summed E-state index contributed by atoms with van der Waals surface area (Å²) in [7, 11) is -1.74. The first-order valence-electron chi connectivity index (χ1n) is 8.58. The number of nitrogens with zero attached hydrogens (tertiary/aromatic N) is 5. The van der Waals surface area contributed by atoms with Gasteiger partial charge in [-0.3, -0.25) is 9.48 Å². The second kappa shape index (κ2) is 7.47. The van der Waals surface area contributed by atoms with Crippen LogP contribution >= 0.6 is 27.3 Å². The minimum Gasteiger partial charge on any atom is -0.336 e. The molecule has 8 nitrogen and oxygen atoms in total. The minimum absolute atomic E-state index is 0.146. The van der Waals surface area contributed by atoms with Crippen LogP contribution in [0.5, 0.6) is 0 Å². The minimum atomic E-state index is -3.53. The summed E-state index contributed by atoms with van der Waals surface area (Å²) in [4.78, 5) is 14.7. The number of carbonyl (C=O) groups is 1. The normalized spacial score (nSPS) is 15.9. The highest BCUT2D eigenvalue weighted by Gasteiger charge is 2.32. The molecule has 0 aliphatic carbocycles. The smallest absolute Gasteiger partial charge is 0.259 e. The van der Waals surface area contributed by atoms with Gasteiger partial charge < -0.3 is 9.47 Å². The van der Waals surface area contributed by atoms with Gasteiger partial charge in [0.15, 0.2) is 0 Å². The SMILES string of the molecule is Cn1ncc(C(=O)N2CCN(S(=O)(=O)c3ccc(Br)s3)CC2)c1-n1cccc1. The highest BCUT2D eigenvalue weighted by atomic mass is 79.9. The van der Waals surface area contributed by atoms with Crippen LogP contribution in [-0.4, -0.2) is 64.1 Å². The second-order valence-corrected chi connectivity index (χ2v) is 11.0. The van der Waals surface area contributed by atoms with Crippen LogP contribution in [0, 0.1) is 0 Å². The van der Waals surface area contributed by atoms with Gasteiger partial charge in [0.1, 0.15) is 15.6 Å².